The van der Waals surface area contributed by atoms with Crippen LogP contribution in [0.2, 0.25) is 0 Å². The van der Waals surface area contributed by atoms with Crippen LogP contribution in [0.1, 0.15) is 13.8 Å². The van der Waals surface area contributed by atoms with Crippen LogP contribution in [-0.4, -0.2) is 10.4 Å². The van der Waals surface area contributed by atoms with E-state index in [1.54, 1.807) is 6.92 Å². The van der Waals surface area contributed by atoms with Crippen LogP contribution >= 0.6 is 0 Å². The summed E-state index contributed by atoms with van der Waals surface area (Å²) in [5, 5.41) is 2.48. The molecule has 1 heterocycles. The van der Waals surface area contributed by atoms with Crippen molar-refractivity contribution in [3.05, 3.63) is 54.6 Å². The highest BCUT2D eigenvalue weighted by Crippen LogP contribution is 2.28. The van der Waals surface area contributed by atoms with E-state index in [-0.39, 0.29) is 11.7 Å². The largest absolute Gasteiger partial charge is 0.316 e. The number of hydrogen-bond donors (Lipinski definition) is 0. The maximum Gasteiger partial charge on any atom is 0.136 e. The quantitative estimate of drug-likeness (QED) is 0.682. The lowest BCUT2D eigenvalue weighted by Gasteiger charge is -2.03. The van der Waals surface area contributed by atoms with Crippen molar-refractivity contribution in [1.82, 2.24) is 4.57 Å². The number of carbonyl (C=O) groups is 1. The first kappa shape index (κ1) is 12.7. The Bertz CT molecular complexity index is 757. The standard InChI is InChI=1S/C18H17NO/c1-13(14(2)20)11-12-19-17-9-5-3-7-15(17)16-8-4-6-10-18(16)19/h3-13H,1-2H3/b12-11+. The van der Waals surface area contributed by atoms with Crippen LogP contribution < -0.4 is 0 Å². The Balaban J connectivity index is 2.24. The van der Waals surface area contributed by atoms with Gasteiger partial charge in [-0.3, -0.25) is 4.79 Å². The van der Waals surface area contributed by atoms with Crippen LogP contribution in [0, 0.1) is 5.92 Å². The molecule has 0 saturated carbocycles. The summed E-state index contributed by atoms with van der Waals surface area (Å²) in [6.45, 7) is 3.55. The average Bonchev–Trinajstić information content (AvgIpc) is 2.79. The van der Waals surface area contributed by atoms with Crippen molar-refractivity contribution in [2.45, 2.75) is 13.8 Å². The molecule has 1 aromatic heterocycles. The molecule has 100 valence electrons. The molecule has 0 aliphatic rings. The van der Waals surface area contributed by atoms with E-state index in [1.807, 2.05) is 31.3 Å². The molecule has 2 heteroatoms. The number of aromatic nitrogens is 1. The maximum absolute atomic E-state index is 11.4. The first-order chi connectivity index (χ1) is 9.68. The highest BCUT2D eigenvalue weighted by molar-refractivity contribution is 6.09. The second kappa shape index (κ2) is 4.97. The number of Topliss-reactive ketones (excluding diaryl/α,β-unsaturated/α-hetero) is 1. The van der Waals surface area contributed by atoms with Crippen LogP contribution in [-0.2, 0) is 4.79 Å². The fourth-order valence-electron chi connectivity index (χ4n) is 2.46. The van der Waals surface area contributed by atoms with E-state index < -0.39 is 0 Å². The van der Waals surface area contributed by atoms with Crippen molar-refractivity contribution in [3.63, 3.8) is 0 Å². The minimum absolute atomic E-state index is 0.0603. The Morgan fingerprint density at radius 2 is 1.50 bits per heavy atom. The average molecular weight is 263 g/mol. The molecule has 0 spiro atoms. The molecule has 2 nitrogen and oxygen atoms in total. The van der Waals surface area contributed by atoms with Gasteiger partial charge in [0.25, 0.3) is 0 Å². The molecule has 1 atom stereocenters. The topological polar surface area (TPSA) is 22.0 Å². The molecule has 0 amide bonds. The van der Waals surface area contributed by atoms with Crippen LogP contribution in [0.15, 0.2) is 54.6 Å². The van der Waals surface area contributed by atoms with Gasteiger partial charge in [0.1, 0.15) is 5.78 Å². The Morgan fingerprint density at radius 1 is 1.00 bits per heavy atom. The normalized spacial score (nSPS) is 13.3. The van der Waals surface area contributed by atoms with Crippen molar-refractivity contribution in [2.24, 2.45) is 5.92 Å². The number of para-hydroxylation sites is 2. The van der Waals surface area contributed by atoms with Gasteiger partial charge in [-0.2, -0.15) is 0 Å². The molecule has 1 unspecified atom stereocenters. The van der Waals surface area contributed by atoms with Gasteiger partial charge < -0.3 is 4.57 Å². The summed E-state index contributed by atoms with van der Waals surface area (Å²) in [7, 11) is 0. The summed E-state index contributed by atoms with van der Waals surface area (Å²) < 4.78 is 2.16. The summed E-state index contributed by atoms with van der Waals surface area (Å²) in [5.74, 6) is 0.122. The van der Waals surface area contributed by atoms with E-state index in [4.69, 9.17) is 0 Å². The van der Waals surface area contributed by atoms with Crippen LogP contribution in [0.25, 0.3) is 28.0 Å². The van der Waals surface area contributed by atoms with E-state index in [0.29, 0.717) is 0 Å². The predicted octanol–water partition coefficient (Wildman–Crippen LogP) is 4.49. The van der Waals surface area contributed by atoms with E-state index in [9.17, 15) is 4.79 Å². The van der Waals surface area contributed by atoms with Gasteiger partial charge in [-0.25, -0.2) is 0 Å². The van der Waals surface area contributed by atoms with Crippen LogP contribution in [0.5, 0.6) is 0 Å². The zero-order chi connectivity index (χ0) is 14.1. The third kappa shape index (κ3) is 2.03. The lowest BCUT2D eigenvalue weighted by molar-refractivity contribution is -0.118. The highest BCUT2D eigenvalue weighted by atomic mass is 16.1. The number of nitrogens with zero attached hydrogens (tertiary/aromatic N) is 1. The van der Waals surface area contributed by atoms with Gasteiger partial charge in [-0.15, -0.1) is 0 Å². The molecule has 0 aliphatic heterocycles. The highest BCUT2D eigenvalue weighted by Gasteiger charge is 2.08. The first-order valence-corrected chi connectivity index (χ1v) is 6.85. The molecular formula is C18H17NO. The second-order valence-electron chi connectivity index (χ2n) is 5.15. The number of hydrogen-bond acceptors (Lipinski definition) is 1. The third-order valence-electron chi connectivity index (χ3n) is 3.78. The van der Waals surface area contributed by atoms with Gasteiger partial charge in [0.2, 0.25) is 0 Å². The number of benzene rings is 2. The summed E-state index contributed by atoms with van der Waals surface area (Å²) in [5.41, 5.74) is 2.33. The minimum Gasteiger partial charge on any atom is -0.316 e. The Hall–Kier alpha value is -2.35. The maximum atomic E-state index is 11.4. The number of ketones is 1. The molecule has 0 radical (unpaired) electrons. The Labute approximate surface area is 118 Å². The lowest BCUT2D eigenvalue weighted by Crippen LogP contribution is -2.02. The molecule has 0 fully saturated rings. The van der Waals surface area contributed by atoms with Crippen molar-refractivity contribution in [2.75, 3.05) is 0 Å². The molecular weight excluding hydrogens is 246 g/mol. The van der Waals surface area contributed by atoms with Crippen molar-refractivity contribution in [3.8, 4) is 0 Å². The van der Waals surface area contributed by atoms with E-state index in [0.717, 1.165) is 0 Å². The summed E-state index contributed by atoms with van der Waals surface area (Å²) in [4.78, 5) is 11.4. The monoisotopic (exact) mass is 263 g/mol. The smallest absolute Gasteiger partial charge is 0.136 e. The molecule has 0 aliphatic carbocycles. The number of rotatable bonds is 3. The predicted molar refractivity (Wildman–Crippen MR) is 84.6 cm³/mol. The number of allylic oxidation sites excluding steroid dienone is 1. The van der Waals surface area contributed by atoms with Gasteiger partial charge in [-0.1, -0.05) is 49.4 Å². The lowest BCUT2D eigenvalue weighted by atomic mass is 10.1. The Morgan fingerprint density at radius 3 is 2.00 bits per heavy atom. The zero-order valence-corrected chi connectivity index (χ0v) is 11.7. The van der Waals surface area contributed by atoms with Crippen molar-refractivity contribution in [1.29, 1.82) is 0 Å². The first-order valence-electron chi connectivity index (χ1n) is 6.85. The molecule has 20 heavy (non-hydrogen) atoms. The number of carbonyl (C=O) groups excluding carboxylic acids is 1. The van der Waals surface area contributed by atoms with Gasteiger partial charge in [-0.05, 0) is 19.1 Å². The summed E-state index contributed by atoms with van der Waals surface area (Å²) in [6.07, 6.45) is 3.97. The van der Waals surface area contributed by atoms with E-state index >= 15 is 0 Å². The molecule has 2 aromatic carbocycles. The molecule has 0 N–H and O–H groups in total. The minimum atomic E-state index is -0.0603. The van der Waals surface area contributed by atoms with Crippen molar-refractivity contribution < 1.29 is 4.79 Å². The van der Waals surface area contributed by atoms with Crippen LogP contribution in [0.4, 0.5) is 0 Å². The second-order valence-corrected chi connectivity index (χ2v) is 5.15. The van der Waals surface area contributed by atoms with E-state index in [1.165, 1.54) is 21.8 Å². The fraction of sp³-hybridized carbons (Fsp3) is 0.167. The Kier molecular flexibility index (Phi) is 3.15. The van der Waals surface area contributed by atoms with Gasteiger partial charge >= 0.3 is 0 Å². The zero-order valence-electron chi connectivity index (χ0n) is 11.7. The summed E-state index contributed by atoms with van der Waals surface area (Å²) >= 11 is 0. The number of fused-ring (bicyclic) bond motifs is 3. The van der Waals surface area contributed by atoms with Gasteiger partial charge in [0.15, 0.2) is 0 Å². The molecule has 3 aromatic rings. The fourth-order valence-corrected chi connectivity index (χ4v) is 2.46. The van der Waals surface area contributed by atoms with Crippen molar-refractivity contribution >= 4 is 33.8 Å². The van der Waals surface area contributed by atoms with Gasteiger partial charge in [0, 0.05) is 22.9 Å². The SMILES string of the molecule is CC(=O)C(C)/C=C/n1c2ccccc2c2ccccc21. The summed E-state index contributed by atoms with van der Waals surface area (Å²) in [6, 6.07) is 16.7. The third-order valence-corrected chi connectivity index (χ3v) is 3.78. The molecule has 0 bridgehead atoms. The van der Waals surface area contributed by atoms with Crippen LogP contribution in [0.3, 0.4) is 0 Å². The van der Waals surface area contributed by atoms with Gasteiger partial charge in [0.05, 0.1) is 11.0 Å². The van der Waals surface area contributed by atoms with E-state index in [2.05, 4.69) is 41.0 Å². The molecule has 0 saturated heterocycles. The molecule has 3 rings (SSSR count).